The number of nitrogens with one attached hydrogen (secondary N) is 2. The van der Waals surface area contributed by atoms with E-state index in [1.54, 1.807) is 0 Å². The van der Waals surface area contributed by atoms with E-state index in [0.29, 0.717) is 5.92 Å². The number of amides is 2. The van der Waals surface area contributed by atoms with E-state index in [1.807, 2.05) is 24.3 Å². The molecule has 1 aliphatic heterocycles. The number of carbonyl (C=O) groups is 2. The zero-order chi connectivity index (χ0) is 16.7. The van der Waals surface area contributed by atoms with Crippen LogP contribution in [0.3, 0.4) is 0 Å². The van der Waals surface area contributed by atoms with Crippen LogP contribution in [0.4, 0.5) is 5.69 Å². The maximum atomic E-state index is 12.4. The predicted molar refractivity (Wildman–Crippen MR) is 95.9 cm³/mol. The number of hydrogen-bond acceptors (Lipinski definition) is 3. The fraction of sp³-hybridized carbons (Fsp3) is 0.579. The van der Waals surface area contributed by atoms with Gasteiger partial charge in [-0.3, -0.25) is 9.59 Å². The fourth-order valence-electron chi connectivity index (χ4n) is 4.72. The summed E-state index contributed by atoms with van der Waals surface area (Å²) >= 11 is 1.49. The monoisotopic (exact) mass is 344 g/mol. The summed E-state index contributed by atoms with van der Waals surface area (Å²) in [4.78, 5) is 25.7. The Balaban J connectivity index is 1.34. The standard InChI is InChI=1S/C19H24N2O2S/c1-11(14-9-12-6-7-13(14)8-12)20-18(22)10-17-19(23)21-15-4-2-3-5-16(15)24-17/h2-5,11-14,17H,6-10H2,1H3,(H,20,22)(H,21,23). The Morgan fingerprint density at radius 2 is 2.17 bits per heavy atom. The first-order valence-electron chi connectivity index (χ1n) is 8.96. The molecule has 4 nitrogen and oxygen atoms in total. The van der Waals surface area contributed by atoms with E-state index in [4.69, 9.17) is 0 Å². The van der Waals surface area contributed by atoms with Crippen molar-refractivity contribution in [3.63, 3.8) is 0 Å². The minimum atomic E-state index is -0.341. The van der Waals surface area contributed by atoms with Crippen molar-refractivity contribution in [2.24, 2.45) is 17.8 Å². The molecule has 1 aromatic carbocycles. The molecule has 128 valence electrons. The Hall–Kier alpha value is -1.49. The SMILES string of the molecule is CC(NC(=O)CC1Sc2ccccc2NC1=O)C1CC2CCC1C2. The second-order valence-electron chi connectivity index (χ2n) is 7.49. The van der Waals surface area contributed by atoms with Crippen LogP contribution in [0.2, 0.25) is 0 Å². The number of para-hydroxylation sites is 1. The first-order valence-corrected chi connectivity index (χ1v) is 9.84. The lowest BCUT2D eigenvalue weighted by molar-refractivity contribution is -0.124. The summed E-state index contributed by atoms with van der Waals surface area (Å²) < 4.78 is 0. The van der Waals surface area contributed by atoms with E-state index in [2.05, 4.69) is 17.6 Å². The van der Waals surface area contributed by atoms with Gasteiger partial charge in [0.2, 0.25) is 11.8 Å². The van der Waals surface area contributed by atoms with Crippen LogP contribution in [-0.2, 0) is 9.59 Å². The number of rotatable bonds is 4. The second-order valence-corrected chi connectivity index (χ2v) is 8.74. The number of hydrogen-bond donors (Lipinski definition) is 2. The van der Waals surface area contributed by atoms with Gasteiger partial charge in [0.25, 0.3) is 0 Å². The minimum Gasteiger partial charge on any atom is -0.353 e. The highest BCUT2D eigenvalue weighted by Gasteiger charge is 2.42. The van der Waals surface area contributed by atoms with Crippen molar-refractivity contribution in [3.8, 4) is 0 Å². The minimum absolute atomic E-state index is 0.00250. The molecule has 2 fully saturated rings. The van der Waals surface area contributed by atoms with E-state index in [0.717, 1.165) is 22.4 Å². The molecule has 2 saturated carbocycles. The summed E-state index contributed by atoms with van der Waals surface area (Å²) in [7, 11) is 0. The molecule has 1 aromatic rings. The Morgan fingerprint density at radius 3 is 2.92 bits per heavy atom. The van der Waals surface area contributed by atoms with Crippen LogP contribution >= 0.6 is 11.8 Å². The molecule has 5 unspecified atom stereocenters. The average molecular weight is 344 g/mol. The molecule has 0 radical (unpaired) electrons. The lowest BCUT2D eigenvalue weighted by Gasteiger charge is -2.29. The van der Waals surface area contributed by atoms with Crippen molar-refractivity contribution in [1.29, 1.82) is 0 Å². The highest BCUT2D eigenvalue weighted by atomic mass is 32.2. The van der Waals surface area contributed by atoms with E-state index in [-0.39, 0.29) is 29.5 Å². The van der Waals surface area contributed by atoms with Gasteiger partial charge in [-0.1, -0.05) is 18.6 Å². The third-order valence-corrected chi connectivity index (χ3v) is 7.18. The van der Waals surface area contributed by atoms with Gasteiger partial charge in [0.05, 0.1) is 10.9 Å². The summed E-state index contributed by atoms with van der Waals surface area (Å²) in [5.41, 5.74) is 0.847. The van der Waals surface area contributed by atoms with Gasteiger partial charge < -0.3 is 10.6 Å². The van der Waals surface area contributed by atoms with Crippen LogP contribution in [0.5, 0.6) is 0 Å². The zero-order valence-corrected chi connectivity index (χ0v) is 14.8. The first kappa shape index (κ1) is 16.0. The summed E-state index contributed by atoms with van der Waals surface area (Å²) in [6.07, 6.45) is 5.56. The van der Waals surface area contributed by atoms with Crippen LogP contribution in [0.25, 0.3) is 0 Å². The van der Waals surface area contributed by atoms with E-state index >= 15 is 0 Å². The van der Waals surface area contributed by atoms with Gasteiger partial charge in [0.1, 0.15) is 0 Å². The lowest BCUT2D eigenvalue weighted by Crippen LogP contribution is -2.42. The molecule has 0 aromatic heterocycles. The molecule has 0 saturated heterocycles. The van der Waals surface area contributed by atoms with Crippen LogP contribution in [0.15, 0.2) is 29.2 Å². The number of anilines is 1. The maximum absolute atomic E-state index is 12.4. The third-order valence-electron chi connectivity index (χ3n) is 5.90. The Bertz CT molecular complexity index is 663. The van der Waals surface area contributed by atoms with Gasteiger partial charge in [-0.25, -0.2) is 0 Å². The van der Waals surface area contributed by atoms with Crippen molar-refractivity contribution in [3.05, 3.63) is 24.3 Å². The van der Waals surface area contributed by atoms with Crippen LogP contribution < -0.4 is 10.6 Å². The van der Waals surface area contributed by atoms with Gasteiger partial charge in [-0.15, -0.1) is 11.8 Å². The molecule has 5 atom stereocenters. The van der Waals surface area contributed by atoms with Crippen molar-refractivity contribution in [2.75, 3.05) is 5.32 Å². The van der Waals surface area contributed by atoms with Crippen molar-refractivity contribution >= 4 is 29.3 Å². The van der Waals surface area contributed by atoms with Gasteiger partial charge in [-0.05, 0) is 56.1 Å². The average Bonchev–Trinajstić information content (AvgIpc) is 3.18. The lowest BCUT2D eigenvalue weighted by atomic mass is 9.84. The molecule has 4 rings (SSSR count). The highest BCUT2D eigenvalue weighted by molar-refractivity contribution is 8.01. The number of carbonyl (C=O) groups excluding carboxylic acids is 2. The summed E-state index contributed by atoms with van der Waals surface area (Å²) in [6, 6.07) is 7.97. The largest absolute Gasteiger partial charge is 0.353 e. The molecule has 1 heterocycles. The molecule has 0 spiro atoms. The topological polar surface area (TPSA) is 58.2 Å². The van der Waals surface area contributed by atoms with Crippen molar-refractivity contribution < 1.29 is 9.59 Å². The van der Waals surface area contributed by atoms with E-state index in [1.165, 1.54) is 37.4 Å². The number of fused-ring (bicyclic) bond motifs is 3. The summed E-state index contributed by atoms with van der Waals surface area (Å²) in [6.45, 7) is 2.13. The van der Waals surface area contributed by atoms with Crippen LogP contribution in [0.1, 0.15) is 39.0 Å². The smallest absolute Gasteiger partial charge is 0.238 e. The Labute approximate surface area is 147 Å². The van der Waals surface area contributed by atoms with E-state index in [9.17, 15) is 9.59 Å². The maximum Gasteiger partial charge on any atom is 0.238 e. The Kier molecular flexibility index (Phi) is 4.29. The van der Waals surface area contributed by atoms with Gasteiger partial charge in [-0.2, -0.15) is 0 Å². The normalized spacial score (nSPS) is 32.1. The highest BCUT2D eigenvalue weighted by Crippen LogP contribution is 2.49. The second kappa shape index (κ2) is 6.43. The summed E-state index contributed by atoms with van der Waals surface area (Å²) in [5, 5.41) is 5.73. The van der Waals surface area contributed by atoms with Crippen LogP contribution in [0, 0.1) is 17.8 Å². The van der Waals surface area contributed by atoms with E-state index < -0.39 is 0 Å². The molecular weight excluding hydrogens is 320 g/mol. The number of thioether (sulfide) groups is 1. The molecule has 2 bridgehead atoms. The molecular formula is C19H24N2O2S. The zero-order valence-electron chi connectivity index (χ0n) is 14.0. The molecule has 24 heavy (non-hydrogen) atoms. The molecule has 5 heteroatoms. The van der Waals surface area contributed by atoms with Gasteiger partial charge in [0.15, 0.2) is 0 Å². The molecule has 3 aliphatic rings. The first-order chi connectivity index (χ1) is 11.6. The molecule has 2 aliphatic carbocycles. The van der Waals surface area contributed by atoms with Gasteiger partial charge in [0, 0.05) is 17.4 Å². The molecule has 2 N–H and O–H groups in total. The quantitative estimate of drug-likeness (QED) is 0.880. The number of benzene rings is 1. The molecule has 2 amide bonds. The third kappa shape index (κ3) is 3.06. The van der Waals surface area contributed by atoms with Crippen molar-refractivity contribution in [2.45, 2.75) is 55.2 Å². The van der Waals surface area contributed by atoms with Crippen molar-refractivity contribution in [1.82, 2.24) is 5.32 Å². The van der Waals surface area contributed by atoms with Crippen LogP contribution in [-0.4, -0.2) is 23.1 Å². The fourth-order valence-corrected chi connectivity index (χ4v) is 5.83. The summed E-state index contributed by atoms with van der Waals surface area (Å²) in [5.74, 6) is 2.24. The Morgan fingerprint density at radius 1 is 1.33 bits per heavy atom. The predicted octanol–water partition coefficient (Wildman–Crippen LogP) is 3.43. The van der Waals surface area contributed by atoms with Gasteiger partial charge >= 0.3 is 0 Å².